The quantitative estimate of drug-likeness (QED) is 0.496. The maximum absolute atomic E-state index is 11.7. The number of carbonyl (C=O) groups excluding carboxylic acids is 3. The average molecular weight is 265 g/mol. The molecule has 100 valence electrons. The molecule has 2 rings (SSSR count). The zero-order valence-corrected chi connectivity index (χ0v) is 9.91. The summed E-state index contributed by atoms with van der Waals surface area (Å²) >= 11 is 0. The van der Waals surface area contributed by atoms with Crippen LogP contribution < -0.4 is 5.32 Å². The number of benzene rings is 1. The third-order valence-electron chi connectivity index (χ3n) is 2.84. The molecule has 2 unspecified atom stereocenters. The summed E-state index contributed by atoms with van der Waals surface area (Å²) < 4.78 is 4.31. The number of carbonyl (C=O) groups is 3. The third-order valence-corrected chi connectivity index (χ3v) is 2.84. The number of ether oxygens (including phenoxy) is 1. The molecule has 7 heteroatoms. The van der Waals surface area contributed by atoms with E-state index in [0.717, 1.165) is 7.11 Å². The van der Waals surface area contributed by atoms with Crippen molar-refractivity contribution in [2.24, 2.45) is 0 Å². The summed E-state index contributed by atoms with van der Waals surface area (Å²) in [5, 5.41) is 21.8. The lowest BCUT2D eigenvalue weighted by Crippen LogP contribution is -2.30. The SMILES string of the molecule is COC(=O)C(O)C(O)c1cccc2c1C(=O)C(=O)N2. The second-order valence-corrected chi connectivity index (χ2v) is 3.97. The van der Waals surface area contributed by atoms with Gasteiger partial charge < -0.3 is 20.3 Å². The Kier molecular flexibility index (Phi) is 3.32. The molecule has 7 nitrogen and oxygen atoms in total. The standard InChI is InChI=1S/C12H11NO6/c1-19-12(18)10(16)8(14)5-3-2-4-6-7(5)9(15)11(17)13-6/h2-4,8,10,14,16H,1H3,(H,13,15,17). The number of hydrogen-bond acceptors (Lipinski definition) is 6. The van der Waals surface area contributed by atoms with Gasteiger partial charge in [-0.3, -0.25) is 9.59 Å². The highest BCUT2D eigenvalue weighted by atomic mass is 16.5. The summed E-state index contributed by atoms with van der Waals surface area (Å²) in [6.45, 7) is 0. The van der Waals surface area contributed by atoms with E-state index in [9.17, 15) is 24.6 Å². The molecule has 0 bridgehead atoms. The number of hydrogen-bond donors (Lipinski definition) is 3. The Labute approximate surface area is 107 Å². The second kappa shape index (κ2) is 4.79. The summed E-state index contributed by atoms with van der Waals surface area (Å²) in [7, 11) is 1.06. The first-order valence-corrected chi connectivity index (χ1v) is 5.40. The monoisotopic (exact) mass is 265 g/mol. The van der Waals surface area contributed by atoms with Crippen molar-refractivity contribution in [3.63, 3.8) is 0 Å². The number of methoxy groups -OCH3 is 1. The smallest absolute Gasteiger partial charge is 0.337 e. The fraction of sp³-hybridized carbons (Fsp3) is 0.250. The highest BCUT2D eigenvalue weighted by molar-refractivity contribution is 6.52. The minimum atomic E-state index is -1.83. The van der Waals surface area contributed by atoms with Gasteiger partial charge in [-0.05, 0) is 11.6 Å². The van der Waals surface area contributed by atoms with Crippen LogP contribution in [-0.2, 0) is 14.3 Å². The molecule has 2 atom stereocenters. The average Bonchev–Trinajstić information content (AvgIpc) is 2.71. The lowest BCUT2D eigenvalue weighted by molar-refractivity contribution is -0.156. The van der Waals surface area contributed by atoms with E-state index in [2.05, 4.69) is 10.1 Å². The molecule has 0 fully saturated rings. The van der Waals surface area contributed by atoms with Crippen LogP contribution in [-0.4, -0.2) is 41.1 Å². The normalized spacial score (nSPS) is 16.6. The van der Waals surface area contributed by atoms with Crippen LogP contribution in [0.15, 0.2) is 18.2 Å². The van der Waals surface area contributed by atoms with Gasteiger partial charge >= 0.3 is 5.97 Å². The molecule has 0 spiro atoms. The fourth-order valence-electron chi connectivity index (χ4n) is 1.89. The first-order valence-electron chi connectivity index (χ1n) is 5.40. The van der Waals surface area contributed by atoms with Crippen molar-refractivity contribution in [2.45, 2.75) is 12.2 Å². The van der Waals surface area contributed by atoms with Crippen LogP contribution in [0.25, 0.3) is 0 Å². The number of rotatable bonds is 3. The highest BCUT2D eigenvalue weighted by Gasteiger charge is 2.36. The molecule has 0 radical (unpaired) electrons. The highest BCUT2D eigenvalue weighted by Crippen LogP contribution is 2.31. The Balaban J connectivity index is 2.43. The summed E-state index contributed by atoms with van der Waals surface area (Å²) in [4.78, 5) is 34.1. The number of esters is 1. The Morgan fingerprint density at radius 3 is 2.63 bits per heavy atom. The van der Waals surface area contributed by atoms with Gasteiger partial charge in [0.2, 0.25) is 0 Å². The van der Waals surface area contributed by atoms with Gasteiger partial charge in [0.25, 0.3) is 11.7 Å². The predicted molar refractivity (Wildman–Crippen MR) is 62.4 cm³/mol. The van der Waals surface area contributed by atoms with Crippen LogP contribution in [0.4, 0.5) is 5.69 Å². The molecule has 1 aromatic carbocycles. The van der Waals surface area contributed by atoms with Crippen LogP contribution in [0.1, 0.15) is 22.0 Å². The lowest BCUT2D eigenvalue weighted by Gasteiger charge is -2.17. The number of anilines is 1. The molecule has 1 aliphatic rings. The Bertz CT molecular complexity index is 567. The van der Waals surface area contributed by atoms with E-state index < -0.39 is 29.9 Å². The molecule has 0 saturated heterocycles. The van der Waals surface area contributed by atoms with Crippen molar-refractivity contribution >= 4 is 23.3 Å². The van der Waals surface area contributed by atoms with Crippen LogP contribution in [0, 0.1) is 0 Å². The van der Waals surface area contributed by atoms with Gasteiger partial charge in [-0.25, -0.2) is 4.79 Å². The van der Waals surface area contributed by atoms with Crippen LogP contribution in [0.3, 0.4) is 0 Å². The van der Waals surface area contributed by atoms with Crippen LogP contribution in [0.2, 0.25) is 0 Å². The van der Waals surface area contributed by atoms with Crippen molar-refractivity contribution in [3.05, 3.63) is 29.3 Å². The molecule has 0 saturated carbocycles. The van der Waals surface area contributed by atoms with Crippen molar-refractivity contribution in [1.82, 2.24) is 0 Å². The molecule has 0 aromatic heterocycles. The minimum absolute atomic E-state index is 0.00116. The van der Waals surface area contributed by atoms with E-state index in [1.165, 1.54) is 18.2 Å². The Morgan fingerprint density at radius 1 is 1.32 bits per heavy atom. The lowest BCUT2D eigenvalue weighted by atomic mass is 9.96. The minimum Gasteiger partial charge on any atom is -0.467 e. The van der Waals surface area contributed by atoms with E-state index in [0.29, 0.717) is 0 Å². The maximum Gasteiger partial charge on any atom is 0.337 e. The number of amides is 1. The van der Waals surface area contributed by atoms with Crippen LogP contribution >= 0.6 is 0 Å². The first-order chi connectivity index (χ1) is 8.97. The zero-order chi connectivity index (χ0) is 14.2. The molecule has 19 heavy (non-hydrogen) atoms. The second-order valence-electron chi connectivity index (χ2n) is 3.97. The van der Waals surface area contributed by atoms with Crippen LogP contribution in [0.5, 0.6) is 0 Å². The summed E-state index contributed by atoms with van der Waals surface area (Å²) in [6.07, 6.45) is -3.49. The van der Waals surface area contributed by atoms with Gasteiger partial charge in [0, 0.05) is 0 Å². The van der Waals surface area contributed by atoms with Gasteiger partial charge in [0.05, 0.1) is 18.4 Å². The van der Waals surface area contributed by atoms with Gasteiger partial charge in [-0.2, -0.15) is 0 Å². The zero-order valence-electron chi connectivity index (χ0n) is 9.91. The number of fused-ring (bicyclic) bond motifs is 1. The number of Topliss-reactive ketones (excluding diaryl/α,β-unsaturated/α-hetero) is 1. The molecular weight excluding hydrogens is 254 g/mol. The molecule has 0 aliphatic carbocycles. The van der Waals surface area contributed by atoms with Crippen molar-refractivity contribution in [1.29, 1.82) is 0 Å². The Morgan fingerprint density at radius 2 is 2.00 bits per heavy atom. The molecule has 1 amide bonds. The number of aliphatic hydroxyl groups is 2. The fourth-order valence-corrected chi connectivity index (χ4v) is 1.89. The largest absolute Gasteiger partial charge is 0.467 e. The predicted octanol–water partition coefficient (Wildman–Crippen LogP) is -0.611. The Hall–Kier alpha value is -2.25. The van der Waals surface area contributed by atoms with Crippen molar-refractivity contribution in [3.8, 4) is 0 Å². The van der Waals surface area contributed by atoms with Crippen molar-refractivity contribution in [2.75, 3.05) is 12.4 Å². The summed E-state index contributed by atoms with van der Waals surface area (Å²) in [6, 6.07) is 4.33. The topological polar surface area (TPSA) is 113 Å². The van der Waals surface area contributed by atoms with Gasteiger partial charge in [-0.1, -0.05) is 12.1 Å². The molecule has 3 N–H and O–H groups in total. The van der Waals surface area contributed by atoms with Crippen molar-refractivity contribution < 1.29 is 29.3 Å². The number of aliphatic hydroxyl groups excluding tert-OH is 2. The van der Waals surface area contributed by atoms with E-state index in [1.807, 2.05) is 0 Å². The summed E-state index contributed by atoms with van der Waals surface area (Å²) in [5.41, 5.74) is 0.199. The van der Waals surface area contributed by atoms with Gasteiger partial charge in [-0.15, -0.1) is 0 Å². The maximum atomic E-state index is 11.7. The van der Waals surface area contributed by atoms with E-state index in [4.69, 9.17) is 0 Å². The van der Waals surface area contributed by atoms with Gasteiger partial charge in [0.1, 0.15) is 6.10 Å². The van der Waals surface area contributed by atoms with E-state index >= 15 is 0 Å². The molecule has 1 aliphatic heterocycles. The molecule has 1 heterocycles. The number of nitrogens with one attached hydrogen (secondary N) is 1. The number of ketones is 1. The molecular formula is C12H11NO6. The summed E-state index contributed by atoms with van der Waals surface area (Å²) in [5.74, 6) is -2.67. The van der Waals surface area contributed by atoms with E-state index in [1.54, 1.807) is 0 Å². The molecule has 1 aromatic rings. The van der Waals surface area contributed by atoms with Gasteiger partial charge in [0.15, 0.2) is 6.10 Å². The van der Waals surface area contributed by atoms with E-state index in [-0.39, 0.29) is 16.8 Å². The third kappa shape index (κ3) is 2.09. The first kappa shape index (κ1) is 13.2.